The van der Waals surface area contributed by atoms with Crippen molar-refractivity contribution in [1.82, 2.24) is 15.2 Å². The van der Waals surface area contributed by atoms with Gasteiger partial charge in [0.2, 0.25) is 5.95 Å². The number of benzene rings is 2. The Hall–Kier alpha value is -2.08. The number of anilines is 3. The van der Waals surface area contributed by atoms with Gasteiger partial charge in [-0.25, -0.2) is 0 Å². The van der Waals surface area contributed by atoms with Crippen LogP contribution in [0.5, 0.6) is 0 Å². The first-order valence-electron chi connectivity index (χ1n) is 7.01. The molecule has 0 amide bonds. The van der Waals surface area contributed by atoms with Crippen LogP contribution in [0.2, 0.25) is 15.1 Å². The minimum Gasteiger partial charge on any atom is -0.349 e. The first kappa shape index (κ1) is 16.8. The van der Waals surface area contributed by atoms with Crippen molar-refractivity contribution < 1.29 is 0 Å². The zero-order valence-electron chi connectivity index (χ0n) is 12.3. The molecule has 1 heterocycles. The molecule has 0 unspecified atom stereocenters. The Labute approximate surface area is 154 Å². The molecule has 0 atom stereocenters. The molecule has 0 spiro atoms. The van der Waals surface area contributed by atoms with Gasteiger partial charge in [-0.15, -0.1) is 5.10 Å². The maximum absolute atomic E-state index is 6.13. The summed E-state index contributed by atoms with van der Waals surface area (Å²) in [5.41, 5.74) is 1.58. The topological polar surface area (TPSA) is 62.7 Å². The van der Waals surface area contributed by atoms with Crippen LogP contribution in [0.25, 0.3) is 0 Å². The second-order valence-corrected chi connectivity index (χ2v) is 6.11. The zero-order chi connectivity index (χ0) is 16.9. The van der Waals surface area contributed by atoms with E-state index < -0.39 is 0 Å². The third-order valence-electron chi connectivity index (χ3n) is 3.14. The van der Waals surface area contributed by atoms with Gasteiger partial charge in [-0.05, 0) is 29.8 Å². The van der Waals surface area contributed by atoms with Crippen LogP contribution in [0.4, 0.5) is 17.5 Å². The van der Waals surface area contributed by atoms with Crippen molar-refractivity contribution in [3.63, 3.8) is 0 Å². The summed E-state index contributed by atoms with van der Waals surface area (Å²) in [5.74, 6) is 0.869. The van der Waals surface area contributed by atoms with E-state index in [2.05, 4.69) is 25.8 Å². The maximum atomic E-state index is 6.13. The van der Waals surface area contributed by atoms with Crippen molar-refractivity contribution in [3.05, 3.63) is 69.3 Å². The minimum absolute atomic E-state index is 0.373. The van der Waals surface area contributed by atoms with Crippen molar-refractivity contribution in [2.45, 2.75) is 6.54 Å². The molecule has 0 saturated heterocycles. The second-order valence-electron chi connectivity index (χ2n) is 4.86. The monoisotopic (exact) mass is 379 g/mol. The molecule has 8 heteroatoms. The van der Waals surface area contributed by atoms with E-state index in [4.69, 9.17) is 34.8 Å². The van der Waals surface area contributed by atoms with E-state index >= 15 is 0 Å². The van der Waals surface area contributed by atoms with E-state index in [1.54, 1.807) is 18.2 Å². The quantitative estimate of drug-likeness (QED) is 0.638. The van der Waals surface area contributed by atoms with Gasteiger partial charge >= 0.3 is 0 Å². The molecule has 1 aromatic heterocycles. The van der Waals surface area contributed by atoms with Crippen LogP contribution in [-0.4, -0.2) is 15.2 Å². The molecule has 0 radical (unpaired) electrons. The van der Waals surface area contributed by atoms with Crippen LogP contribution in [-0.2, 0) is 6.54 Å². The third-order valence-corrected chi connectivity index (χ3v) is 4.08. The number of hydrogen-bond acceptors (Lipinski definition) is 5. The lowest BCUT2D eigenvalue weighted by Gasteiger charge is -2.09. The molecule has 2 aromatic carbocycles. The van der Waals surface area contributed by atoms with Gasteiger partial charge in [-0.1, -0.05) is 53.0 Å². The van der Waals surface area contributed by atoms with E-state index in [1.807, 2.05) is 24.3 Å². The van der Waals surface area contributed by atoms with Gasteiger partial charge in [0.1, 0.15) is 0 Å². The van der Waals surface area contributed by atoms with Crippen LogP contribution >= 0.6 is 34.8 Å². The number of nitrogens with one attached hydrogen (secondary N) is 2. The summed E-state index contributed by atoms with van der Waals surface area (Å²) in [6, 6.07) is 12.7. The Kier molecular flexibility index (Phi) is 5.35. The second kappa shape index (κ2) is 7.66. The standard InChI is InChI=1S/C16H12Cl3N5/c17-11-5-6-13(19)14(7-11)22-15-9-21-24-16(23-15)20-8-10-3-1-2-4-12(10)18/h1-7,9H,8H2,(H2,20,22,23,24). The van der Waals surface area contributed by atoms with Gasteiger partial charge in [0.15, 0.2) is 5.82 Å². The zero-order valence-corrected chi connectivity index (χ0v) is 14.6. The van der Waals surface area contributed by atoms with Gasteiger partial charge in [-0.2, -0.15) is 10.1 Å². The Morgan fingerprint density at radius 2 is 1.79 bits per heavy atom. The highest BCUT2D eigenvalue weighted by Crippen LogP contribution is 2.27. The summed E-state index contributed by atoms with van der Waals surface area (Å²) in [6.45, 7) is 0.489. The van der Waals surface area contributed by atoms with Crippen molar-refractivity contribution in [2.75, 3.05) is 10.6 Å². The molecule has 24 heavy (non-hydrogen) atoms. The smallest absolute Gasteiger partial charge is 0.244 e. The maximum Gasteiger partial charge on any atom is 0.244 e. The molecule has 122 valence electrons. The summed E-state index contributed by atoms with van der Waals surface area (Å²) in [4.78, 5) is 4.34. The predicted molar refractivity (Wildman–Crippen MR) is 98.4 cm³/mol. The molecule has 2 N–H and O–H groups in total. The highest BCUT2D eigenvalue weighted by molar-refractivity contribution is 6.35. The lowest BCUT2D eigenvalue weighted by molar-refractivity contribution is 0.949. The van der Waals surface area contributed by atoms with Crippen LogP contribution in [0.15, 0.2) is 48.7 Å². The number of aromatic nitrogens is 3. The summed E-state index contributed by atoms with van der Waals surface area (Å²) >= 11 is 18.2. The Morgan fingerprint density at radius 1 is 0.958 bits per heavy atom. The Bertz CT molecular complexity index is 857. The third kappa shape index (κ3) is 4.26. The minimum atomic E-state index is 0.373. The van der Waals surface area contributed by atoms with Gasteiger partial charge in [0, 0.05) is 16.6 Å². The predicted octanol–water partition coefficient (Wildman–Crippen LogP) is 5.19. The molecule has 5 nitrogen and oxygen atoms in total. The number of nitrogens with zero attached hydrogens (tertiary/aromatic N) is 3. The fraction of sp³-hybridized carbons (Fsp3) is 0.0625. The van der Waals surface area contributed by atoms with Crippen LogP contribution in [0.1, 0.15) is 5.56 Å². The molecule has 0 fully saturated rings. The van der Waals surface area contributed by atoms with E-state index in [0.717, 1.165) is 5.56 Å². The van der Waals surface area contributed by atoms with Gasteiger partial charge in [0.25, 0.3) is 0 Å². The van der Waals surface area contributed by atoms with E-state index in [1.165, 1.54) is 6.20 Å². The molecule has 0 aliphatic carbocycles. The Morgan fingerprint density at radius 3 is 2.62 bits per heavy atom. The normalized spacial score (nSPS) is 10.5. The van der Waals surface area contributed by atoms with Crippen LogP contribution in [0.3, 0.4) is 0 Å². The van der Waals surface area contributed by atoms with Crippen molar-refractivity contribution in [1.29, 1.82) is 0 Å². The molecule has 0 aliphatic rings. The van der Waals surface area contributed by atoms with Crippen molar-refractivity contribution in [3.8, 4) is 0 Å². The number of rotatable bonds is 5. The fourth-order valence-electron chi connectivity index (χ4n) is 1.99. The summed E-state index contributed by atoms with van der Waals surface area (Å²) in [6.07, 6.45) is 1.50. The average Bonchev–Trinajstić information content (AvgIpc) is 2.58. The molecule has 3 aromatic rings. The van der Waals surface area contributed by atoms with Crippen molar-refractivity contribution >= 4 is 52.3 Å². The SMILES string of the molecule is Clc1ccc(Cl)c(Nc2cnnc(NCc3ccccc3Cl)n2)c1. The number of halogens is 3. The molecular weight excluding hydrogens is 369 g/mol. The molecule has 0 aliphatic heterocycles. The summed E-state index contributed by atoms with van der Waals surface area (Å²) in [5, 5.41) is 15.8. The van der Waals surface area contributed by atoms with Gasteiger partial charge in [0.05, 0.1) is 16.9 Å². The highest BCUT2D eigenvalue weighted by atomic mass is 35.5. The summed E-state index contributed by atoms with van der Waals surface area (Å²) < 4.78 is 0. The number of hydrogen-bond donors (Lipinski definition) is 2. The highest BCUT2D eigenvalue weighted by Gasteiger charge is 2.06. The molecule has 0 bridgehead atoms. The average molecular weight is 381 g/mol. The van der Waals surface area contributed by atoms with E-state index in [-0.39, 0.29) is 0 Å². The van der Waals surface area contributed by atoms with Gasteiger partial charge in [-0.3, -0.25) is 0 Å². The lowest BCUT2D eigenvalue weighted by Crippen LogP contribution is -2.06. The fourth-order valence-corrected chi connectivity index (χ4v) is 2.53. The molecule has 0 saturated carbocycles. The van der Waals surface area contributed by atoms with Crippen molar-refractivity contribution in [2.24, 2.45) is 0 Å². The van der Waals surface area contributed by atoms with Crippen LogP contribution in [0, 0.1) is 0 Å². The van der Waals surface area contributed by atoms with E-state index in [0.29, 0.717) is 39.1 Å². The molecular formula is C16H12Cl3N5. The van der Waals surface area contributed by atoms with Crippen LogP contribution < -0.4 is 10.6 Å². The molecule has 3 rings (SSSR count). The van der Waals surface area contributed by atoms with E-state index in [9.17, 15) is 0 Å². The summed E-state index contributed by atoms with van der Waals surface area (Å²) in [7, 11) is 0. The first-order chi connectivity index (χ1) is 11.6. The first-order valence-corrected chi connectivity index (χ1v) is 8.14. The largest absolute Gasteiger partial charge is 0.349 e. The van der Waals surface area contributed by atoms with Gasteiger partial charge < -0.3 is 10.6 Å². The lowest BCUT2D eigenvalue weighted by atomic mass is 10.2. The Balaban J connectivity index is 1.72.